The molecule has 0 radical (unpaired) electrons. The largest absolute Gasteiger partial charge is 0.492 e. The lowest BCUT2D eigenvalue weighted by Crippen LogP contribution is -2.49. The van der Waals surface area contributed by atoms with Gasteiger partial charge < -0.3 is 9.64 Å². The van der Waals surface area contributed by atoms with E-state index in [0.717, 1.165) is 44.0 Å². The predicted molar refractivity (Wildman–Crippen MR) is 99.8 cm³/mol. The summed E-state index contributed by atoms with van der Waals surface area (Å²) >= 11 is 0. The van der Waals surface area contributed by atoms with E-state index in [1.165, 1.54) is 17.7 Å². The molecule has 1 aliphatic rings. The molecule has 0 saturated carbocycles. The fourth-order valence-electron chi connectivity index (χ4n) is 3.11. The highest BCUT2D eigenvalue weighted by atomic mass is 19.1. The number of carbonyl (C=O) groups is 1. The van der Waals surface area contributed by atoms with Crippen molar-refractivity contribution < 1.29 is 13.9 Å². The van der Waals surface area contributed by atoms with E-state index in [2.05, 4.69) is 17.9 Å². The van der Waals surface area contributed by atoms with Crippen LogP contribution in [0.5, 0.6) is 5.75 Å². The van der Waals surface area contributed by atoms with E-state index in [0.29, 0.717) is 13.0 Å². The third-order valence-corrected chi connectivity index (χ3v) is 4.66. The van der Waals surface area contributed by atoms with Gasteiger partial charge in [0.2, 0.25) is 5.91 Å². The number of piperazine rings is 1. The smallest absolute Gasteiger partial charge is 0.227 e. The van der Waals surface area contributed by atoms with Gasteiger partial charge in [0.25, 0.3) is 0 Å². The maximum Gasteiger partial charge on any atom is 0.227 e. The molecule has 0 spiro atoms. The Morgan fingerprint density at radius 2 is 1.81 bits per heavy atom. The zero-order chi connectivity index (χ0) is 18.4. The normalized spacial score (nSPS) is 15.1. The van der Waals surface area contributed by atoms with Crippen molar-refractivity contribution in [3.63, 3.8) is 0 Å². The van der Waals surface area contributed by atoms with Crippen molar-refractivity contribution in [1.29, 1.82) is 0 Å². The molecule has 3 rings (SSSR count). The molecule has 2 aromatic carbocycles. The topological polar surface area (TPSA) is 32.8 Å². The summed E-state index contributed by atoms with van der Waals surface area (Å²) < 4.78 is 18.7. The molecule has 26 heavy (non-hydrogen) atoms. The first-order valence-corrected chi connectivity index (χ1v) is 9.04. The molecule has 0 bridgehead atoms. The number of rotatable bonds is 6. The maximum atomic E-state index is 12.9. The molecule has 1 fully saturated rings. The summed E-state index contributed by atoms with van der Waals surface area (Å²) in [7, 11) is 0. The highest BCUT2D eigenvalue weighted by molar-refractivity contribution is 5.78. The number of carbonyl (C=O) groups excluding carboxylic acids is 1. The Bertz CT molecular complexity index is 725. The van der Waals surface area contributed by atoms with Crippen molar-refractivity contribution in [2.45, 2.75) is 13.3 Å². The molecule has 4 nitrogen and oxygen atoms in total. The summed E-state index contributed by atoms with van der Waals surface area (Å²) in [6, 6.07) is 14.2. The van der Waals surface area contributed by atoms with Crippen molar-refractivity contribution in [2.75, 3.05) is 39.3 Å². The maximum absolute atomic E-state index is 12.9. The minimum atomic E-state index is -0.275. The minimum absolute atomic E-state index is 0.104. The molecule has 1 saturated heterocycles. The lowest BCUT2D eigenvalue weighted by molar-refractivity contribution is -0.132. The number of ether oxygens (including phenoxy) is 1. The summed E-state index contributed by atoms with van der Waals surface area (Å²) in [6.07, 6.45) is 0.330. The van der Waals surface area contributed by atoms with Crippen LogP contribution >= 0.6 is 0 Å². The molecule has 138 valence electrons. The molecule has 5 heteroatoms. The Kier molecular flexibility index (Phi) is 6.23. The van der Waals surface area contributed by atoms with Gasteiger partial charge in [-0.2, -0.15) is 0 Å². The summed E-state index contributed by atoms with van der Waals surface area (Å²) in [5, 5.41) is 0. The molecule has 1 amide bonds. The lowest BCUT2D eigenvalue weighted by atomic mass is 10.1. The average Bonchev–Trinajstić information content (AvgIpc) is 2.64. The molecule has 0 unspecified atom stereocenters. The van der Waals surface area contributed by atoms with Crippen LogP contribution in [-0.4, -0.2) is 55.0 Å². The SMILES string of the molecule is Cc1cccc(OCCN2CCN(C(=O)Cc3ccc(F)cc3)CC2)c1. The quantitative estimate of drug-likeness (QED) is 0.798. The average molecular weight is 356 g/mol. The molecule has 1 aliphatic heterocycles. The fraction of sp³-hybridized carbons (Fsp3) is 0.381. The fourth-order valence-corrected chi connectivity index (χ4v) is 3.11. The third kappa shape index (κ3) is 5.30. The van der Waals surface area contributed by atoms with Crippen LogP contribution in [0.3, 0.4) is 0 Å². The third-order valence-electron chi connectivity index (χ3n) is 4.66. The summed E-state index contributed by atoms with van der Waals surface area (Å²) in [5.74, 6) is 0.730. The van der Waals surface area contributed by atoms with Gasteiger partial charge in [0, 0.05) is 32.7 Å². The Morgan fingerprint density at radius 3 is 2.50 bits per heavy atom. The summed E-state index contributed by atoms with van der Waals surface area (Å²) in [6.45, 7) is 6.71. The Hall–Kier alpha value is -2.40. The van der Waals surface area contributed by atoms with Crippen molar-refractivity contribution in [3.05, 3.63) is 65.5 Å². The van der Waals surface area contributed by atoms with Crippen LogP contribution in [0.2, 0.25) is 0 Å². The van der Waals surface area contributed by atoms with Gasteiger partial charge in [-0.15, -0.1) is 0 Å². The molecule has 2 aromatic rings. The van der Waals surface area contributed by atoms with Gasteiger partial charge in [0.1, 0.15) is 18.2 Å². The van der Waals surface area contributed by atoms with Crippen LogP contribution < -0.4 is 4.74 Å². The summed E-state index contributed by atoms with van der Waals surface area (Å²) in [5.41, 5.74) is 2.04. The van der Waals surface area contributed by atoms with Gasteiger partial charge in [-0.05, 0) is 42.3 Å². The highest BCUT2D eigenvalue weighted by Crippen LogP contribution is 2.13. The number of halogens is 1. The standard InChI is InChI=1S/C21H25FN2O2/c1-17-3-2-4-20(15-17)26-14-13-23-9-11-24(12-10-23)21(25)16-18-5-7-19(22)8-6-18/h2-8,15H,9-14,16H2,1H3. The molecule has 0 atom stereocenters. The van der Waals surface area contributed by atoms with Crippen LogP contribution in [0.4, 0.5) is 4.39 Å². The second kappa shape index (κ2) is 8.81. The first-order chi connectivity index (χ1) is 12.6. The van der Waals surface area contributed by atoms with Crippen molar-refractivity contribution in [3.8, 4) is 5.75 Å². The van der Waals surface area contributed by atoms with Crippen molar-refractivity contribution >= 4 is 5.91 Å². The second-order valence-corrected chi connectivity index (χ2v) is 6.69. The second-order valence-electron chi connectivity index (χ2n) is 6.69. The molecule has 0 aliphatic carbocycles. The van der Waals surface area contributed by atoms with Crippen LogP contribution in [0.1, 0.15) is 11.1 Å². The zero-order valence-corrected chi connectivity index (χ0v) is 15.2. The first-order valence-electron chi connectivity index (χ1n) is 9.04. The molecular formula is C21H25FN2O2. The van der Waals surface area contributed by atoms with E-state index < -0.39 is 0 Å². The number of nitrogens with zero attached hydrogens (tertiary/aromatic N) is 2. The van der Waals surface area contributed by atoms with Gasteiger partial charge in [0.05, 0.1) is 6.42 Å². The van der Waals surface area contributed by atoms with E-state index in [1.807, 2.05) is 23.1 Å². The first kappa shape index (κ1) is 18.4. The Morgan fingerprint density at radius 1 is 1.08 bits per heavy atom. The van der Waals surface area contributed by atoms with E-state index in [-0.39, 0.29) is 11.7 Å². The molecule has 1 heterocycles. The minimum Gasteiger partial charge on any atom is -0.492 e. The van der Waals surface area contributed by atoms with Gasteiger partial charge >= 0.3 is 0 Å². The lowest BCUT2D eigenvalue weighted by Gasteiger charge is -2.34. The number of hydrogen-bond acceptors (Lipinski definition) is 3. The van der Waals surface area contributed by atoms with E-state index in [1.54, 1.807) is 12.1 Å². The van der Waals surface area contributed by atoms with Gasteiger partial charge in [0.15, 0.2) is 0 Å². The number of hydrogen-bond donors (Lipinski definition) is 0. The van der Waals surface area contributed by atoms with Crippen LogP contribution in [0.25, 0.3) is 0 Å². The van der Waals surface area contributed by atoms with Crippen molar-refractivity contribution in [1.82, 2.24) is 9.80 Å². The van der Waals surface area contributed by atoms with Gasteiger partial charge in [-0.25, -0.2) is 4.39 Å². The molecule has 0 N–H and O–H groups in total. The summed E-state index contributed by atoms with van der Waals surface area (Å²) in [4.78, 5) is 16.6. The van der Waals surface area contributed by atoms with Crippen LogP contribution in [0, 0.1) is 12.7 Å². The Labute approximate surface area is 154 Å². The number of benzene rings is 2. The Balaban J connectivity index is 1.38. The van der Waals surface area contributed by atoms with E-state index >= 15 is 0 Å². The zero-order valence-electron chi connectivity index (χ0n) is 15.2. The number of aryl methyl sites for hydroxylation is 1. The predicted octanol–water partition coefficient (Wildman–Crippen LogP) is 2.90. The number of amides is 1. The van der Waals surface area contributed by atoms with E-state index in [4.69, 9.17) is 4.74 Å². The monoisotopic (exact) mass is 356 g/mol. The van der Waals surface area contributed by atoms with Crippen molar-refractivity contribution in [2.24, 2.45) is 0 Å². The van der Waals surface area contributed by atoms with Crippen LogP contribution in [-0.2, 0) is 11.2 Å². The highest BCUT2D eigenvalue weighted by Gasteiger charge is 2.21. The van der Waals surface area contributed by atoms with Gasteiger partial charge in [-0.1, -0.05) is 24.3 Å². The van der Waals surface area contributed by atoms with Crippen LogP contribution in [0.15, 0.2) is 48.5 Å². The molecule has 0 aromatic heterocycles. The van der Waals surface area contributed by atoms with Gasteiger partial charge in [-0.3, -0.25) is 9.69 Å². The van der Waals surface area contributed by atoms with E-state index in [9.17, 15) is 9.18 Å². The molecular weight excluding hydrogens is 331 g/mol.